The van der Waals surface area contributed by atoms with Gasteiger partial charge in [0, 0.05) is 12.0 Å². The van der Waals surface area contributed by atoms with Crippen LogP contribution in [0.25, 0.3) is 0 Å². The second-order valence-corrected chi connectivity index (χ2v) is 6.35. The van der Waals surface area contributed by atoms with E-state index >= 15 is 0 Å². The second kappa shape index (κ2) is 7.37. The molecule has 138 valence electrons. The number of amidine groups is 1. The minimum atomic E-state index is -2.91. The van der Waals surface area contributed by atoms with Gasteiger partial charge in [-0.15, -0.1) is 0 Å². The van der Waals surface area contributed by atoms with Crippen LogP contribution in [0, 0.1) is 5.82 Å². The summed E-state index contributed by atoms with van der Waals surface area (Å²) in [5, 5.41) is 0. The molecule has 0 radical (unpaired) electrons. The third kappa shape index (κ3) is 3.99. The molecule has 1 unspecified atom stereocenters. The number of halogens is 3. The molecule has 2 aromatic rings. The SMILES string of the molecule is CC1(c2cc(Cc3ccccc3OC(F)F)ccc2F)COCC(N)=N1. The van der Waals surface area contributed by atoms with Gasteiger partial charge in [0.1, 0.15) is 29.5 Å². The number of aliphatic imine (C=N–C) groups is 1. The molecule has 1 aliphatic rings. The first-order valence-electron chi connectivity index (χ1n) is 8.11. The van der Waals surface area contributed by atoms with Crippen LogP contribution in [-0.2, 0) is 16.7 Å². The van der Waals surface area contributed by atoms with Gasteiger partial charge in [0.15, 0.2) is 0 Å². The number of ether oxygens (including phenoxy) is 2. The Morgan fingerprint density at radius 3 is 2.77 bits per heavy atom. The molecule has 0 spiro atoms. The monoisotopic (exact) mass is 364 g/mol. The van der Waals surface area contributed by atoms with Crippen molar-refractivity contribution in [2.24, 2.45) is 10.7 Å². The Kier molecular flexibility index (Phi) is 5.18. The van der Waals surface area contributed by atoms with Gasteiger partial charge in [-0.05, 0) is 30.2 Å². The van der Waals surface area contributed by atoms with Crippen LogP contribution >= 0.6 is 0 Å². The van der Waals surface area contributed by atoms with Crippen LogP contribution in [0.3, 0.4) is 0 Å². The Bertz CT molecular complexity index is 826. The maximum atomic E-state index is 14.4. The standard InChI is InChI=1S/C19H19F3N2O2/c1-19(11-25-10-17(23)24-19)14-9-12(6-7-15(14)20)8-13-4-2-3-5-16(13)26-18(21)22/h2-7,9,18H,8,10-11H2,1H3,(H2,23,24). The fraction of sp³-hybridized carbons (Fsp3) is 0.316. The van der Waals surface area contributed by atoms with Gasteiger partial charge >= 0.3 is 6.61 Å². The number of benzene rings is 2. The van der Waals surface area contributed by atoms with Gasteiger partial charge in [0.05, 0.1) is 6.61 Å². The normalized spacial score (nSPS) is 20.1. The summed E-state index contributed by atoms with van der Waals surface area (Å²) in [5.74, 6) is -0.0162. The zero-order valence-electron chi connectivity index (χ0n) is 14.2. The van der Waals surface area contributed by atoms with E-state index in [1.165, 1.54) is 12.1 Å². The summed E-state index contributed by atoms with van der Waals surface area (Å²) in [4.78, 5) is 4.36. The van der Waals surface area contributed by atoms with Gasteiger partial charge in [-0.25, -0.2) is 4.39 Å². The van der Waals surface area contributed by atoms with Crippen LogP contribution < -0.4 is 10.5 Å². The van der Waals surface area contributed by atoms with E-state index in [-0.39, 0.29) is 19.0 Å². The molecule has 0 aliphatic carbocycles. The predicted molar refractivity (Wildman–Crippen MR) is 92.1 cm³/mol. The van der Waals surface area contributed by atoms with Crippen LogP contribution in [0.4, 0.5) is 13.2 Å². The van der Waals surface area contributed by atoms with Crippen molar-refractivity contribution in [2.75, 3.05) is 13.2 Å². The largest absolute Gasteiger partial charge is 0.435 e. The van der Waals surface area contributed by atoms with Crippen LogP contribution in [0.1, 0.15) is 23.6 Å². The smallest absolute Gasteiger partial charge is 0.387 e. The molecule has 3 rings (SSSR count). The Labute approximate surface area is 149 Å². The first-order valence-corrected chi connectivity index (χ1v) is 8.11. The van der Waals surface area contributed by atoms with E-state index in [0.29, 0.717) is 23.4 Å². The summed E-state index contributed by atoms with van der Waals surface area (Å²) in [6.07, 6.45) is 0.312. The number of nitrogens with two attached hydrogens (primary N) is 1. The molecule has 0 fully saturated rings. The number of hydrogen-bond donors (Lipinski definition) is 1. The highest BCUT2D eigenvalue weighted by Gasteiger charge is 2.32. The summed E-state index contributed by atoms with van der Waals surface area (Å²) in [5.41, 5.74) is 6.49. The fourth-order valence-electron chi connectivity index (χ4n) is 3.05. The molecular formula is C19H19F3N2O2. The highest BCUT2D eigenvalue weighted by atomic mass is 19.3. The van der Waals surface area contributed by atoms with E-state index in [1.807, 2.05) is 0 Å². The zero-order valence-corrected chi connectivity index (χ0v) is 14.2. The number of nitrogens with zero attached hydrogens (tertiary/aromatic N) is 1. The summed E-state index contributed by atoms with van der Waals surface area (Å²) in [7, 11) is 0. The van der Waals surface area contributed by atoms with E-state index in [2.05, 4.69) is 9.73 Å². The Morgan fingerprint density at radius 1 is 1.27 bits per heavy atom. The zero-order chi connectivity index (χ0) is 18.7. The maximum absolute atomic E-state index is 14.4. The number of rotatable bonds is 5. The van der Waals surface area contributed by atoms with Gasteiger partial charge in [0.2, 0.25) is 0 Å². The van der Waals surface area contributed by atoms with Crippen LogP contribution in [-0.4, -0.2) is 25.7 Å². The van der Waals surface area contributed by atoms with Crippen molar-refractivity contribution in [1.29, 1.82) is 0 Å². The maximum Gasteiger partial charge on any atom is 0.387 e. The van der Waals surface area contributed by atoms with E-state index in [1.54, 1.807) is 37.3 Å². The van der Waals surface area contributed by atoms with Gasteiger partial charge in [-0.1, -0.05) is 30.3 Å². The van der Waals surface area contributed by atoms with Gasteiger partial charge < -0.3 is 15.2 Å². The topological polar surface area (TPSA) is 56.8 Å². The average molecular weight is 364 g/mol. The van der Waals surface area contributed by atoms with Crippen molar-refractivity contribution in [1.82, 2.24) is 0 Å². The molecular weight excluding hydrogens is 345 g/mol. The predicted octanol–water partition coefficient (Wildman–Crippen LogP) is 3.62. The van der Waals surface area contributed by atoms with Gasteiger partial charge in [-0.3, -0.25) is 4.99 Å². The summed E-state index contributed by atoms with van der Waals surface area (Å²) in [6.45, 7) is -0.737. The molecule has 7 heteroatoms. The fourth-order valence-corrected chi connectivity index (χ4v) is 3.05. The third-order valence-corrected chi connectivity index (χ3v) is 4.22. The molecule has 0 saturated heterocycles. The molecule has 0 amide bonds. The average Bonchev–Trinajstić information content (AvgIpc) is 2.57. The van der Waals surface area contributed by atoms with E-state index in [0.717, 1.165) is 5.56 Å². The lowest BCUT2D eigenvalue weighted by Crippen LogP contribution is -2.38. The lowest BCUT2D eigenvalue weighted by atomic mass is 9.89. The van der Waals surface area contributed by atoms with Gasteiger partial charge in [0.25, 0.3) is 0 Å². The lowest BCUT2D eigenvalue weighted by molar-refractivity contribution is -0.0503. The molecule has 1 heterocycles. The highest BCUT2D eigenvalue weighted by molar-refractivity contribution is 5.82. The molecule has 0 bridgehead atoms. The second-order valence-electron chi connectivity index (χ2n) is 6.35. The van der Waals surface area contributed by atoms with E-state index in [9.17, 15) is 13.2 Å². The third-order valence-electron chi connectivity index (χ3n) is 4.22. The van der Waals surface area contributed by atoms with Crippen molar-refractivity contribution >= 4 is 5.84 Å². The molecule has 2 aromatic carbocycles. The minimum absolute atomic E-state index is 0.0999. The van der Waals surface area contributed by atoms with Crippen LogP contribution in [0.2, 0.25) is 0 Å². The van der Waals surface area contributed by atoms with Crippen LogP contribution in [0.15, 0.2) is 47.5 Å². The Morgan fingerprint density at radius 2 is 2.04 bits per heavy atom. The minimum Gasteiger partial charge on any atom is -0.435 e. The Balaban J connectivity index is 1.93. The van der Waals surface area contributed by atoms with Crippen molar-refractivity contribution < 1.29 is 22.6 Å². The lowest BCUT2D eigenvalue weighted by Gasteiger charge is -2.30. The molecule has 4 nitrogen and oxygen atoms in total. The number of hydrogen-bond acceptors (Lipinski definition) is 4. The molecule has 0 saturated carbocycles. The molecule has 1 atom stereocenters. The molecule has 26 heavy (non-hydrogen) atoms. The van der Waals surface area contributed by atoms with Crippen molar-refractivity contribution in [3.05, 3.63) is 65.0 Å². The van der Waals surface area contributed by atoms with E-state index < -0.39 is 18.0 Å². The van der Waals surface area contributed by atoms with Crippen LogP contribution in [0.5, 0.6) is 5.75 Å². The quantitative estimate of drug-likeness (QED) is 0.882. The first-order chi connectivity index (χ1) is 12.4. The Hall–Kier alpha value is -2.54. The molecule has 0 aromatic heterocycles. The van der Waals surface area contributed by atoms with Crippen molar-refractivity contribution in [3.63, 3.8) is 0 Å². The summed E-state index contributed by atoms with van der Waals surface area (Å²) < 4.78 is 49.5. The van der Waals surface area contributed by atoms with Crippen molar-refractivity contribution in [2.45, 2.75) is 25.5 Å². The number of para-hydroxylation sites is 1. The molecule has 2 N–H and O–H groups in total. The van der Waals surface area contributed by atoms with E-state index in [4.69, 9.17) is 10.5 Å². The highest BCUT2D eigenvalue weighted by Crippen LogP contribution is 2.32. The molecule has 1 aliphatic heterocycles. The first kappa shape index (κ1) is 18.3. The van der Waals surface area contributed by atoms with Crippen molar-refractivity contribution in [3.8, 4) is 5.75 Å². The van der Waals surface area contributed by atoms with Gasteiger partial charge in [-0.2, -0.15) is 8.78 Å². The summed E-state index contributed by atoms with van der Waals surface area (Å²) >= 11 is 0. The number of alkyl halides is 2. The summed E-state index contributed by atoms with van der Waals surface area (Å²) in [6, 6.07) is 11.1.